The number of nitrogens with zero attached hydrogens (tertiary/aromatic N) is 1. The van der Waals surface area contributed by atoms with Crippen LogP contribution in [0, 0.1) is 0 Å². The number of benzene rings is 1. The van der Waals surface area contributed by atoms with Crippen molar-refractivity contribution in [2.24, 2.45) is 0 Å². The van der Waals surface area contributed by atoms with Crippen LogP contribution < -0.4 is 5.32 Å². The van der Waals surface area contributed by atoms with E-state index in [9.17, 15) is 4.79 Å². The second-order valence-electron chi connectivity index (χ2n) is 5.32. The monoisotopic (exact) mass is 260 g/mol. The second kappa shape index (κ2) is 5.31. The highest BCUT2D eigenvalue weighted by Gasteiger charge is 2.40. The van der Waals surface area contributed by atoms with Gasteiger partial charge in [-0.2, -0.15) is 0 Å². The number of hydrogen-bond donors (Lipinski definition) is 1. The molecule has 1 N–H and O–H groups in total. The number of nitrogens with one attached hydrogen (secondary N) is 1. The van der Waals surface area contributed by atoms with Crippen LogP contribution in [0.3, 0.4) is 0 Å². The third-order valence-corrected chi connectivity index (χ3v) is 4.21. The number of ether oxygens (including phenoxy) is 1. The van der Waals surface area contributed by atoms with Crippen LogP contribution in [0.1, 0.15) is 31.0 Å². The molecule has 0 spiro atoms. The Morgan fingerprint density at radius 1 is 1.26 bits per heavy atom. The van der Waals surface area contributed by atoms with Crippen LogP contribution in [0.2, 0.25) is 0 Å². The first-order valence-corrected chi connectivity index (χ1v) is 6.92. The van der Waals surface area contributed by atoms with Gasteiger partial charge in [-0.3, -0.25) is 10.1 Å². The Hall–Kier alpha value is -1.39. The van der Waals surface area contributed by atoms with E-state index in [4.69, 9.17) is 4.74 Å². The SMILES string of the molecule is COC1CCC(N2C(=O)CNC2c2ccccc2)C1. The molecule has 3 unspecified atom stereocenters. The van der Waals surface area contributed by atoms with Crippen LogP contribution in [0.15, 0.2) is 30.3 Å². The van der Waals surface area contributed by atoms with Crippen molar-refractivity contribution in [1.82, 2.24) is 10.2 Å². The molecular weight excluding hydrogens is 240 g/mol. The number of carbonyl (C=O) groups excluding carboxylic acids is 1. The van der Waals surface area contributed by atoms with Crippen molar-refractivity contribution < 1.29 is 9.53 Å². The predicted octanol–water partition coefficient (Wildman–Crippen LogP) is 1.68. The maximum atomic E-state index is 12.2. The van der Waals surface area contributed by atoms with Crippen molar-refractivity contribution in [3.63, 3.8) is 0 Å². The summed E-state index contributed by atoms with van der Waals surface area (Å²) in [5, 5.41) is 3.32. The molecule has 1 aliphatic heterocycles. The minimum Gasteiger partial charge on any atom is -0.381 e. The van der Waals surface area contributed by atoms with E-state index >= 15 is 0 Å². The van der Waals surface area contributed by atoms with E-state index in [1.165, 1.54) is 0 Å². The summed E-state index contributed by atoms with van der Waals surface area (Å²) >= 11 is 0. The van der Waals surface area contributed by atoms with Crippen molar-refractivity contribution in [2.75, 3.05) is 13.7 Å². The first-order valence-electron chi connectivity index (χ1n) is 6.92. The fourth-order valence-electron chi connectivity index (χ4n) is 3.23. The molecule has 3 rings (SSSR count). The fraction of sp³-hybridized carbons (Fsp3) is 0.533. The summed E-state index contributed by atoms with van der Waals surface area (Å²) in [7, 11) is 1.76. The molecule has 2 fully saturated rings. The van der Waals surface area contributed by atoms with Gasteiger partial charge in [0.1, 0.15) is 6.17 Å². The summed E-state index contributed by atoms with van der Waals surface area (Å²) in [5.41, 5.74) is 1.16. The Morgan fingerprint density at radius 3 is 2.74 bits per heavy atom. The number of methoxy groups -OCH3 is 1. The number of hydrogen-bond acceptors (Lipinski definition) is 3. The van der Waals surface area contributed by atoms with Crippen LogP contribution in [-0.4, -0.2) is 36.6 Å². The van der Waals surface area contributed by atoms with Gasteiger partial charge < -0.3 is 9.64 Å². The van der Waals surface area contributed by atoms with Crippen LogP contribution in [0.4, 0.5) is 0 Å². The van der Waals surface area contributed by atoms with Crippen molar-refractivity contribution in [2.45, 2.75) is 37.6 Å². The molecule has 0 bridgehead atoms. The van der Waals surface area contributed by atoms with Crippen molar-refractivity contribution in [3.8, 4) is 0 Å². The molecule has 1 saturated carbocycles. The Balaban J connectivity index is 1.80. The smallest absolute Gasteiger partial charge is 0.238 e. The quantitative estimate of drug-likeness (QED) is 0.899. The van der Waals surface area contributed by atoms with Gasteiger partial charge in [0, 0.05) is 13.2 Å². The van der Waals surface area contributed by atoms with E-state index in [-0.39, 0.29) is 12.1 Å². The summed E-state index contributed by atoms with van der Waals surface area (Å²) in [6.45, 7) is 0.438. The molecule has 102 valence electrons. The lowest BCUT2D eigenvalue weighted by molar-refractivity contribution is -0.130. The lowest BCUT2D eigenvalue weighted by Gasteiger charge is -2.30. The first-order chi connectivity index (χ1) is 9.29. The topological polar surface area (TPSA) is 41.6 Å². The van der Waals surface area contributed by atoms with E-state index in [2.05, 4.69) is 17.4 Å². The van der Waals surface area contributed by atoms with Gasteiger partial charge in [-0.1, -0.05) is 30.3 Å². The van der Waals surface area contributed by atoms with Gasteiger partial charge in [-0.05, 0) is 24.8 Å². The molecule has 4 nitrogen and oxygen atoms in total. The van der Waals surface area contributed by atoms with Gasteiger partial charge >= 0.3 is 0 Å². The van der Waals surface area contributed by atoms with Gasteiger partial charge in [0.2, 0.25) is 5.91 Å². The number of carbonyl (C=O) groups is 1. The second-order valence-corrected chi connectivity index (χ2v) is 5.32. The molecule has 1 heterocycles. The molecule has 0 radical (unpaired) electrons. The van der Waals surface area contributed by atoms with E-state index in [1.807, 2.05) is 23.1 Å². The molecule has 1 aromatic rings. The third-order valence-electron chi connectivity index (χ3n) is 4.21. The third kappa shape index (κ3) is 2.38. The zero-order chi connectivity index (χ0) is 13.2. The van der Waals surface area contributed by atoms with E-state index in [0.29, 0.717) is 18.7 Å². The number of rotatable bonds is 3. The standard InChI is InChI=1S/C15H20N2O2/c1-19-13-8-7-12(9-13)17-14(18)10-16-15(17)11-5-3-2-4-6-11/h2-6,12-13,15-16H,7-10H2,1H3. The van der Waals surface area contributed by atoms with Gasteiger partial charge in [0.15, 0.2) is 0 Å². The number of amides is 1. The highest BCUT2D eigenvalue weighted by molar-refractivity contribution is 5.81. The molecule has 0 aromatic heterocycles. The van der Waals surface area contributed by atoms with Gasteiger partial charge in [-0.25, -0.2) is 0 Å². The predicted molar refractivity (Wildman–Crippen MR) is 72.5 cm³/mol. The molecule has 1 aliphatic carbocycles. The largest absolute Gasteiger partial charge is 0.381 e. The summed E-state index contributed by atoms with van der Waals surface area (Å²) in [6, 6.07) is 10.5. The molecule has 3 atom stereocenters. The van der Waals surface area contributed by atoms with Gasteiger partial charge in [0.05, 0.1) is 12.6 Å². The summed E-state index contributed by atoms with van der Waals surface area (Å²) < 4.78 is 5.42. The van der Waals surface area contributed by atoms with Crippen LogP contribution in [-0.2, 0) is 9.53 Å². The maximum Gasteiger partial charge on any atom is 0.238 e. The lowest BCUT2D eigenvalue weighted by atomic mass is 10.1. The maximum absolute atomic E-state index is 12.2. The molecule has 2 aliphatic rings. The van der Waals surface area contributed by atoms with Gasteiger partial charge in [0.25, 0.3) is 0 Å². The molecule has 19 heavy (non-hydrogen) atoms. The van der Waals surface area contributed by atoms with Crippen molar-refractivity contribution in [3.05, 3.63) is 35.9 Å². The van der Waals surface area contributed by atoms with Crippen molar-refractivity contribution in [1.29, 1.82) is 0 Å². The Morgan fingerprint density at radius 2 is 2.05 bits per heavy atom. The van der Waals surface area contributed by atoms with Crippen molar-refractivity contribution >= 4 is 5.91 Å². The minimum absolute atomic E-state index is 0.0225. The average molecular weight is 260 g/mol. The van der Waals surface area contributed by atoms with Crippen LogP contribution in [0.25, 0.3) is 0 Å². The minimum atomic E-state index is 0.0225. The Labute approximate surface area is 113 Å². The van der Waals surface area contributed by atoms with E-state index in [0.717, 1.165) is 24.8 Å². The summed E-state index contributed by atoms with van der Waals surface area (Å²) in [6.07, 6.45) is 3.36. The van der Waals surface area contributed by atoms with E-state index < -0.39 is 0 Å². The Kier molecular flexibility index (Phi) is 3.53. The van der Waals surface area contributed by atoms with E-state index in [1.54, 1.807) is 7.11 Å². The summed E-state index contributed by atoms with van der Waals surface area (Å²) in [5.74, 6) is 0.204. The zero-order valence-electron chi connectivity index (χ0n) is 11.2. The zero-order valence-corrected chi connectivity index (χ0v) is 11.2. The molecule has 1 aromatic carbocycles. The van der Waals surface area contributed by atoms with Gasteiger partial charge in [-0.15, -0.1) is 0 Å². The fourth-order valence-corrected chi connectivity index (χ4v) is 3.23. The molecule has 1 saturated heterocycles. The average Bonchev–Trinajstić information content (AvgIpc) is 3.05. The summed E-state index contributed by atoms with van der Waals surface area (Å²) in [4.78, 5) is 14.2. The molecule has 4 heteroatoms. The lowest BCUT2D eigenvalue weighted by Crippen LogP contribution is -2.38. The normalized spacial score (nSPS) is 31.1. The van der Waals surface area contributed by atoms with Crippen LogP contribution >= 0.6 is 0 Å². The highest BCUT2D eigenvalue weighted by atomic mass is 16.5. The highest BCUT2D eigenvalue weighted by Crippen LogP contribution is 2.33. The van der Waals surface area contributed by atoms with Crippen LogP contribution in [0.5, 0.6) is 0 Å². The molecular formula is C15H20N2O2. The molecule has 1 amide bonds. The first kappa shape index (κ1) is 12.6. The Bertz CT molecular complexity index is 449.